The van der Waals surface area contributed by atoms with E-state index in [1.807, 2.05) is 37.3 Å². The van der Waals surface area contributed by atoms with Crippen molar-refractivity contribution in [2.75, 3.05) is 0 Å². The lowest BCUT2D eigenvalue weighted by atomic mass is 9.77. The van der Waals surface area contributed by atoms with Crippen molar-refractivity contribution < 1.29 is 0 Å². The van der Waals surface area contributed by atoms with Crippen molar-refractivity contribution in [3.05, 3.63) is 64.0 Å². The van der Waals surface area contributed by atoms with E-state index in [-0.39, 0.29) is 0 Å². The number of pyridine rings is 1. The Bertz CT molecular complexity index is 880. The molecule has 0 aliphatic heterocycles. The third-order valence-corrected chi connectivity index (χ3v) is 4.75. The van der Waals surface area contributed by atoms with Crippen molar-refractivity contribution in [3.63, 3.8) is 0 Å². The second-order valence-corrected chi connectivity index (χ2v) is 6.07. The van der Waals surface area contributed by atoms with Gasteiger partial charge in [-0.3, -0.25) is 4.98 Å². The molecule has 1 aliphatic carbocycles. The first-order chi connectivity index (χ1) is 11.7. The molecule has 4 heteroatoms. The molecule has 0 bridgehead atoms. The van der Waals surface area contributed by atoms with Crippen LogP contribution in [0.3, 0.4) is 0 Å². The van der Waals surface area contributed by atoms with E-state index in [4.69, 9.17) is 10.5 Å². The summed E-state index contributed by atoms with van der Waals surface area (Å²) < 4.78 is 0. The van der Waals surface area contributed by atoms with Gasteiger partial charge in [0, 0.05) is 5.69 Å². The zero-order valence-corrected chi connectivity index (χ0v) is 13.5. The molecule has 4 nitrogen and oxygen atoms in total. The Kier molecular flexibility index (Phi) is 4.28. The number of nitrogens with zero attached hydrogens (tertiary/aromatic N) is 4. The third kappa shape index (κ3) is 2.62. The molecule has 1 aliphatic rings. The molecule has 0 fully saturated rings. The largest absolute Gasteiger partial charge is 0.254 e. The maximum absolute atomic E-state index is 9.58. The van der Waals surface area contributed by atoms with Gasteiger partial charge in [0.1, 0.15) is 6.07 Å². The van der Waals surface area contributed by atoms with E-state index in [0.29, 0.717) is 17.2 Å². The van der Waals surface area contributed by atoms with E-state index in [0.717, 1.165) is 36.1 Å². The molecular formula is C20H16N4. The summed E-state index contributed by atoms with van der Waals surface area (Å²) in [6.07, 6.45) is 2.58. The van der Waals surface area contributed by atoms with Crippen LogP contribution in [-0.2, 0) is 12.8 Å². The molecule has 3 rings (SSSR count). The summed E-state index contributed by atoms with van der Waals surface area (Å²) in [4.78, 5) is 4.46. The summed E-state index contributed by atoms with van der Waals surface area (Å²) in [6, 6.07) is 16.4. The zero-order valence-electron chi connectivity index (χ0n) is 13.5. The Hall–Kier alpha value is -3.16. The van der Waals surface area contributed by atoms with E-state index >= 15 is 0 Å². The molecule has 0 N–H and O–H groups in total. The summed E-state index contributed by atoms with van der Waals surface area (Å²) >= 11 is 0. The SMILES string of the molecule is Cc1nc(C(C#N)C#N)c(C#N)c2c1C[C@@H](c1ccccc1)CC2. The Labute approximate surface area is 141 Å². The van der Waals surface area contributed by atoms with Crippen LogP contribution in [0.5, 0.6) is 0 Å². The van der Waals surface area contributed by atoms with Crippen LogP contribution < -0.4 is 0 Å². The van der Waals surface area contributed by atoms with Gasteiger partial charge in [-0.15, -0.1) is 0 Å². The molecular weight excluding hydrogens is 296 g/mol. The van der Waals surface area contributed by atoms with Gasteiger partial charge in [0.05, 0.1) is 23.4 Å². The maximum atomic E-state index is 9.58. The lowest BCUT2D eigenvalue weighted by Crippen LogP contribution is -2.18. The molecule has 0 saturated heterocycles. The molecule has 1 aromatic heterocycles. The van der Waals surface area contributed by atoms with E-state index in [1.165, 1.54) is 5.56 Å². The average Bonchev–Trinajstić information content (AvgIpc) is 2.63. The van der Waals surface area contributed by atoms with E-state index in [1.54, 1.807) is 0 Å². The van der Waals surface area contributed by atoms with Crippen LogP contribution in [-0.4, -0.2) is 4.98 Å². The number of hydrogen-bond acceptors (Lipinski definition) is 4. The molecule has 0 saturated carbocycles. The number of hydrogen-bond donors (Lipinski definition) is 0. The number of aromatic nitrogens is 1. The normalized spacial score (nSPS) is 15.9. The molecule has 116 valence electrons. The fourth-order valence-corrected chi connectivity index (χ4v) is 3.54. The second-order valence-electron chi connectivity index (χ2n) is 6.07. The van der Waals surface area contributed by atoms with Crippen LogP contribution in [0.15, 0.2) is 30.3 Å². The molecule has 1 aromatic carbocycles. The Balaban J connectivity index is 2.07. The molecule has 1 heterocycles. The van der Waals surface area contributed by atoms with E-state index in [2.05, 4.69) is 23.2 Å². The number of benzene rings is 1. The molecule has 24 heavy (non-hydrogen) atoms. The van der Waals surface area contributed by atoms with Crippen molar-refractivity contribution >= 4 is 0 Å². The van der Waals surface area contributed by atoms with Gasteiger partial charge in [0.15, 0.2) is 5.92 Å². The molecule has 0 amide bonds. The minimum atomic E-state index is -0.990. The summed E-state index contributed by atoms with van der Waals surface area (Å²) in [6.45, 7) is 1.91. The molecule has 1 atom stereocenters. The molecule has 0 unspecified atom stereocenters. The topological polar surface area (TPSA) is 84.3 Å². The number of rotatable bonds is 2. The maximum Gasteiger partial charge on any atom is 0.176 e. The quantitative estimate of drug-likeness (QED) is 0.847. The van der Waals surface area contributed by atoms with Gasteiger partial charge >= 0.3 is 0 Å². The van der Waals surface area contributed by atoms with Crippen molar-refractivity contribution in [1.82, 2.24) is 4.98 Å². The molecule has 0 radical (unpaired) electrons. The number of nitriles is 3. The lowest BCUT2D eigenvalue weighted by molar-refractivity contribution is 0.577. The van der Waals surface area contributed by atoms with Gasteiger partial charge in [0.25, 0.3) is 0 Å². The van der Waals surface area contributed by atoms with Crippen molar-refractivity contribution in [3.8, 4) is 18.2 Å². The molecule has 2 aromatic rings. The van der Waals surface area contributed by atoms with Gasteiger partial charge in [-0.25, -0.2) is 0 Å². The summed E-state index contributed by atoms with van der Waals surface area (Å²) in [5.74, 6) is -0.574. The zero-order chi connectivity index (χ0) is 17.1. The highest BCUT2D eigenvalue weighted by molar-refractivity contribution is 5.52. The van der Waals surface area contributed by atoms with Crippen LogP contribution in [0.2, 0.25) is 0 Å². The fraction of sp³-hybridized carbons (Fsp3) is 0.300. The Morgan fingerprint density at radius 3 is 2.42 bits per heavy atom. The van der Waals surface area contributed by atoms with Crippen LogP contribution in [0.4, 0.5) is 0 Å². The van der Waals surface area contributed by atoms with Crippen LogP contribution >= 0.6 is 0 Å². The van der Waals surface area contributed by atoms with Gasteiger partial charge < -0.3 is 0 Å². The average molecular weight is 312 g/mol. The van der Waals surface area contributed by atoms with Crippen LogP contribution in [0.25, 0.3) is 0 Å². The third-order valence-electron chi connectivity index (χ3n) is 4.75. The fourth-order valence-electron chi connectivity index (χ4n) is 3.54. The minimum Gasteiger partial charge on any atom is -0.254 e. The highest BCUT2D eigenvalue weighted by Gasteiger charge is 2.28. The monoisotopic (exact) mass is 312 g/mol. The van der Waals surface area contributed by atoms with Crippen molar-refractivity contribution in [2.24, 2.45) is 0 Å². The van der Waals surface area contributed by atoms with Gasteiger partial charge in [0.2, 0.25) is 0 Å². The predicted octanol–water partition coefficient (Wildman–Crippen LogP) is 3.66. The first-order valence-electron chi connectivity index (χ1n) is 7.96. The minimum absolute atomic E-state index is 0.317. The standard InChI is InChI=1S/C20H16N4/c1-13-18-9-15(14-5-3-2-4-6-14)7-8-17(18)19(12-23)20(24-13)16(10-21)11-22/h2-6,15-16H,7-9H2,1H3/t15-/m0/s1. The Morgan fingerprint density at radius 1 is 1.08 bits per heavy atom. The van der Waals surface area contributed by atoms with Crippen LogP contribution in [0, 0.1) is 40.9 Å². The van der Waals surface area contributed by atoms with Crippen molar-refractivity contribution in [1.29, 1.82) is 15.8 Å². The van der Waals surface area contributed by atoms with Gasteiger partial charge in [-0.2, -0.15) is 15.8 Å². The highest BCUT2D eigenvalue weighted by Crippen LogP contribution is 2.37. The Morgan fingerprint density at radius 2 is 1.79 bits per heavy atom. The summed E-state index contributed by atoms with van der Waals surface area (Å²) in [7, 11) is 0. The summed E-state index contributed by atoms with van der Waals surface area (Å²) in [5, 5.41) is 27.9. The second kappa shape index (κ2) is 6.53. The smallest absolute Gasteiger partial charge is 0.176 e. The van der Waals surface area contributed by atoms with Gasteiger partial charge in [-0.1, -0.05) is 30.3 Å². The molecule has 0 spiro atoms. The predicted molar refractivity (Wildman–Crippen MR) is 88.9 cm³/mol. The van der Waals surface area contributed by atoms with E-state index in [9.17, 15) is 5.26 Å². The van der Waals surface area contributed by atoms with Crippen molar-refractivity contribution in [2.45, 2.75) is 38.0 Å². The summed E-state index contributed by atoms with van der Waals surface area (Å²) in [5.41, 5.74) is 4.95. The highest BCUT2D eigenvalue weighted by atomic mass is 14.7. The van der Waals surface area contributed by atoms with Crippen LogP contribution in [0.1, 0.15) is 51.9 Å². The number of aryl methyl sites for hydroxylation is 1. The van der Waals surface area contributed by atoms with E-state index < -0.39 is 5.92 Å². The number of fused-ring (bicyclic) bond motifs is 1. The lowest BCUT2D eigenvalue weighted by Gasteiger charge is -2.27. The first kappa shape index (κ1) is 15.7. The van der Waals surface area contributed by atoms with Gasteiger partial charge in [-0.05, 0) is 48.8 Å². The first-order valence-corrected chi connectivity index (χ1v) is 7.96.